The van der Waals surface area contributed by atoms with E-state index in [-0.39, 0.29) is 22.6 Å². The number of methoxy groups -OCH3 is 1. The second-order valence-electron chi connectivity index (χ2n) is 4.53. The van der Waals surface area contributed by atoms with Gasteiger partial charge in [0.1, 0.15) is 16.9 Å². The van der Waals surface area contributed by atoms with Gasteiger partial charge >= 0.3 is 5.63 Å². The van der Waals surface area contributed by atoms with Crippen molar-refractivity contribution in [2.45, 2.75) is 0 Å². The highest BCUT2D eigenvalue weighted by Gasteiger charge is 2.11. The summed E-state index contributed by atoms with van der Waals surface area (Å²) in [5.41, 5.74) is -0.0281. The molecule has 1 heterocycles. The third-order valence-electron chi connectivity index (χ3n) is 3.23. The predicted molar refractivity (Wildman–Crippen MR) is 77.8 cm³/mol. The molecule has 2 N–H and O–H groups in total. The van der Waals surface area contributed by atoms with Gasteiger partial charge in [0, 0.05) is 5.56 Å². The lowest BCUT2D eigenvalue weighted by Gasteiger charge is -2.07. The first-order valence-corrected chi connectivity index (χ1v) is 6.23. The number of hydrogen-bond donors (Lipinski definition) is 2. The minimum absolute atomic E-state index is 0.00188. The summed E-state index contributed by atoms with van der Waals surface area (Å²) in [5.74, 6) is 0.501. The van der Waals surface area contributed by atoms with Crippen LogP contribution in [0.25, 0.3) is 22.1 Å². The van der Waals surface area contributed by atoms with Crippen LogP contribution in [0, 0.1) is 0 Å². The minimum atomic E-state index is -0.618. The first-order chi connectivity index (χ1) is 10.1. The molecular weight excluding hydrogens is 272 g/mol. The van der Waals surface area contributed by atoms with E-state index in [4.69, 9.17) is 9.15 Å². The molecular formula is C16H12O5. The van der Waals surface area contributed by atoms with Crippen LogP contribution in [-0.2, 0) is 0 Å². The van der Waals surface area contributed by atoms with E-state index in [0.29, 0.717) is 16.7 Å². The first-order valence-electron chi connectivity index (χ1n) is 6.23. The maximum absolute atomic E-state index is 12.0. The second-order valence-corrected chi connectivity index (χ2v) is 4.53. The normalized spacial score (nSPS) is 10.7. The molecule has 21 heavy (non-hydrogen) atoms. The zero-order valence-corrected chi connectivity index (χ0v) is 11.2. The smallest absolute Gasteiger partial charge is 0.347 e. The number of ether oxygens (including phenoxy) is 1. The van der Waals surface area contributed by atoms with Crippen molar-refractivity contribution in [3.63, 3.8) is 0 Å². The van der Waals surface area contributed by atoms with Gasteiger partial charge in [0.2, 0.25) is 0 Å². The zero-order chi connectivity index (χ0) is 15.0. The van der Waals surface area contributed by atoms with Crippen molar-refractivity contribution in [1.82, 2.24) is 0 Å². The van der Waals surface area contributed by atoms with Gasteiger partial charge in [0.05, 0.1) is 7.11 Å². The summed E-state index contributed by atoms with van der Waals surface area (Å²) in [6.07, 6.45) is 0. The Bertz CT molecular complexity index is 879. The summed E-state index contributed by atoms with van der Waals surface area (Å²) in [6.45, 7) is 0. The third-order valence-corrected chi connectivity index (χ3v) is 3.23. The second kappa shape index (κ2) is 4.86. The standard InChI is InChI=1S/C16H12O5/c1-20-14-7-9(5-6-11(14)17)13-8-10-3-2-4-12(18)15(10)16(19)21-13/h2-8,17-18H,1H3. The van der Waals surface area contributed by atoms with E-state index in [1.165, 1.54) is 19.2 Å². The molecule has 3 aromatic rings. The van der Waals surface area contributed by atoms with Crippen LogP contribution in [0.1, 0.15) is 0 Å². The fraction of sp³-hybridized carbons (Fsp3) is 0.0625. The molecule has 0 spiro atoms. The first kappa shape index (κ1) is 13.1. The van der Waals surface area contributed by atoms with E-state index in [0.717, 1.165) is 0 Å². The number of fused-ring (bicyclic) bond motifs is 1. The molecule has 1 aromatic heterocycles. The SMILES string of the molecule is COc1cc(-c2cc3cccc(O)c3c(=O)o2)ccc1O. The molecule has 0 radical (unpaired) electrons. The zero-order valence-electron chi connectivity index (χ0n) is 11.2. The molecule has 0 saturated carbocycles. The lowest BCUT2D eigenvalue weighted by molar-refractivity contribution is 0.373. The number of hydrogen-bond acceptors (Lipinski definition) is 5. The Labute approximate surface area is 119 Å². The van der Waals surface area contributed by atoms with Crippen molar-refractivity contribution in [2.75, 3.05) is 7.11 Å². The molecule has 0 atom stereocenters. The summed E-state index contributed by atoms with van der Waals surface area (Å²) in [4.78, 5) is 12.0. The maximum atomic E-state index is 12.0. The van der Waals surface area contributed by atoms with Gasteiger partial charge in [-0.15, -0.1) is 0 Å². The van der Waals surface area contributed by atoms with Crippen LogP contribution in [0.3, 0.4) is 0 Å². The predicted octanol–water partition coefficient (Wildman–Crippen LogP) is 2.88. The molecule has 0 aliphatic carbocycles. The fourth-order valence-corrected chi connectivity index (χ4v) is 2.19. The van der Waals surface area contributed by atoms with Gasteiger partial charge in [-0.05, 0) is 35.7 Å². The molecule has 3 rings (SSSR count). The molecule has 0 fully saturated rings. The van der Waals surface area contributed by atoms with Crippen molar-refractivity contribution in [2.24, 2.45) is 0 Å². The Kier molecular flexibility index (Phi) is 3.02. The number of phenolic OH excluding ortho intramolecular Hbond substituents is 2. The Hall–Kier alpha value is -2.95. The molecule has 5 nitrogen and oxygen atoms in total. The highest BCUT2D eigenvalue weighted by molar-refractivity contribution is 5.89. The largest absolute Gasteiger partial charge is 0.507 e. The van der Waals surface area contributed by atoms with Crippen molar-refractivity contribution in [3.05, 3.63) is 52.9 Å². The molecule has 0 aliphatic rings. The van der Waals surface area contributed by atoms with Gasteiger partial charge < -0.3 is 19.4 Å². The van der Waals surface area contributed by atoms with E-state index in [2.05, 4.69) is 0 Å². The number of phenols is 2. The molecule has 0 bridgehead atoms. The number of rotatable bonds is 2. The molecule has 0 unspecified atom stereocenters. The molecule has 0 amide bonds. The molecule has 0 saturated heterocycles. The van der Waals surface area contributed by atoms with Gasteiger partial charge in [-0.3, -0.25) is 0 Å². The third kappa shape index (κ3) is 2.18. The summed E-state index contributed by atoms with van der Waals surface area (Å²) < 4.78 is 10.3. The van der Waals surface area contributed by atoms with E-state index in [1.54, 1.807) is 30.3 Å². The topological polar surface area (TPSA) is 79.9 Å². The van der Waals surface area contributed by atoms with Gasteiger partial charge in [0.25, 0.3) is 0 Å². The Morgan fingerprint density at radius 1 is 1.05 bits per heavy atom. The molecule has 0 aliphatic heterocycles. The fourth-order valence-electron chi connectivity index (χ4n) is 2.19. The van der Waals surface area contributed by atoms with Crippen LogP contribution in [0.4, 0.5) is 0 Å². The Morgan fingerprint density at radius 2 is 1.86 bits per heavy atom. The van der Waals surface area contributed by atoms with Crippen LogP contribution in [-0.4, -0.2) is 17.3 Å². The Balaban J connectivity index is 2.24. The minimum Gasteiger partial charge on any atom is -0.507 e. The quantitative estimate of drug-likeness (QED) is 0.756. The number of benzene rings is 2. The van der Waals surface area contributed by atoms with Gasteiger partial charge in [-0.25, -0.2) is 4.79 Å². The van der Waals surface area contributed by atoms with E-state index in [1.807, 2.05) is 0 Å². The highest BCUT2D eigenvalue weighted by atomic mass is 16.5. The van der Waals surface area contributed by atoms with Crippen molar-refractivity contribution >= 4 is 10.8 Å². The van der Waals surface area contributed by atoms with Crippen molar-refractivity contribution in [1.29, 1.82) is 0 Å². The van der Waals surface area contributed by atoms with Crippen molar-refractivity contribution < 1.29 is 19.4 Å². The average molecular weight is 284 g/mol. The van der Waals surface area contributed by atoms with Gasteiger partial charge in [-0.1, -0.05) is 12.1 Å². The van der Waals surface area contributed by atoms with Crippen molar-refractivity contribution in [3.8, 4) is 28.6 Å². The van der Waals surface area contributed by atoms with Crippen LogP contribution >= 0.6 is 0 Å². The van der Waals surface area contributed by atoms with E-state index in [9.17, 15) is 15.0 Å². The van der Waals surface area contributed by atoms with Crippen LogP contribution in [0.2, 0.25) is 0 Å². The monoisotopic (exact) mass is 284 g/mol. The summed E-state index contributed by atoms with van der Waals surface area (Å²) in [7, 11) is 1.44. The van der Waals surface area contributed by atoms with Gasteiger partial charge in [0.15, 0.2) is 11.5 Å². The molecule has 2 aromatic carbocycles. The van der Waals surface area contributed by atoms with Crippen LogP contribution in [0.5, 0.6) is 17.2 Å². The average Bonchev–Trinajstić information content (AvgIpc) is 2.47. The van der Waals surface area contributed by atoms with E-state index < -0.39 is 5.63 Å². The molecule has 106 valence electrons. The number of aromatic hydroxyl groups is 2. The summed E-state index contributed by atoms with van der Waals surface area (Å²) in [6, 6.07) is 11.1. The summed E-state index contributed by atoms with van der Waals surface area (Å²) in [5, 5.41) is 20.0. The molecule has 5 heteroatoms. The Morgan fingerprint density at radius 3 is 2.62 bits per heavy atom. The van der Waals surface area contributed by atoms with E-state index >= 15 is 0 Å². The maximum Gasteiger partial charge on any atom is 0.347 e. The lowest BCUT2D eigenvalue weighted by atomic mass is 10.1. The van der Waals surface area contributed by atoms with Gasteiger partial charge in [-0.2, -0.15) is 0 Å². The lowest BCUT2D eigenvalue weighted by Crippen LogP contribution is -2.00. The van der Waals surface area contributed by atoms with Crippen LogP contribution in [0.15, 0.2) is 51.7 Å². The van der Waals surface area contributed by atoms with Crippen LogP contribution < -0.4 is 10.4 Å². The highest BCUT2D eigenvalue weighted by Crippen LogP contribution is 2.32. The summed E-state index contributed by atoms with van der Waals surface area (Å²) >= 11 is 0.